The number of nitrogens with two attached hydrogens (primary N) is 1. The maximum absolute atomic E-state index is 11.8. The smallest absolute Gasteiger partial charge is 0.220 e. The van der Waals surface area contributed by atoms with Crippen LogP contribution in [0.4, 0.5) is 0 Å². The number of aromatic nitrogens is 2. The number of carbonyl (C=O) groups excluding carboxylic acids is 1. The molecule has 0 saturated heterocycles. The van der Waals surface area contributed by atoms with Gasteiger partial charge in [0.2, 0.25) is 5.91 Å². The third kappa shape index (κ3) is 6.77. The molecule has 130 valence electrons. The van der Waals surface area contributed by atoms with Crippen LogP contribution in [0, 0.1) is 6.92 Å². The van der Waals surface area contributed by atoms with Gasteiger partial charge in [0.25, 0.3) is 0 Å². The Kier molecular flexibility index (Phi) is 10.6. The van der Waals surface area contributed by atoms with Gasteiger partial charge in [-0.15, -0.1) is 24.8 Å². The molecule has 2 rings (SSSR count). The van der Waals surface area contributed by atoms with Gasteiger partial charge in [-0.25, -0.2) is 4.98 Å². The van der Waals surface area contributed by atoms with Gasteiger partial charge in [0.15, 0.2) is 0 Å². The van der Waals surface area contributed by atoms with E-state index in [1.165, 1.54) is 0 Å². The molecule has 0 aliphatic heterocycles. The molecule has 0 radical (unpaired) electrons. The first-order valence-electron chi connectivity index (χ1n) is 7.60. The number of nitrogens with one attached hydrogen (secondary N) is 1. The highest BCUT2D eigenvalue weighted by Crippen LogP contribution is 2.10. The van der Waals surface area contributed by atoms with Crippen molar-refractivity contribution in [1.82, 2.24) is 14.7 Å². The quantitative estimate of drug-likeness (QED) is 0.710. The Morgan fingerprint density at radius 3 is 2.70 bits per heavy atom. The predicted molar refractivity (Wildman–Crippen MR) is 98.4 cm³/mol. The van der Waals surface area contributed by atoms with E-state index < -0.39 is 0 Å². The van der Waals surface area contributed by atoms with Crippen molar-refractivity contribution in [3.63, 3.8) is 0 Å². The summed E-state index contributed by atoms with van der Waals surface area (Å²) in [5.74, 6) is 0.0940. The predicted octanol–water partition coefficient (Wildman–Crippen LogP) is 3.01. The summed E-state index contributed by atoms with van der Waals surface area (Å²) in [4.78, 5) is 16.3. The SMILES string of the molecule is Cc1cccn2cc(CNC(=O)CCCCCCN)nc12.Cl.Cl. The Bertz CT molecular complexity index is 601. The average molecular weight is 361 g/mol. The third-order valence-corrected chi connectivity index (χ3v) is 3.55. The van der Waals surface area contributed by atoms with Gasteiger partial charge in [-0.2, -0.15) is 0 Å². The van der Waals surface area contributed by atoms with Crippen LogP contribution in [0.1, 0.15) is 43.4 Å². The average Bonchev–Trinajstić information content (AvgIpc) is 2.89. The fourth-order valence-electron chi connectivity index (χ4n) is 2.35. The number of rotatable bonds is 8. The summed E-state index contributed by atoms with van der Waals surface area (Å²) in [6.07, 6.45) is 8.66. The third-order valence-electron chi connectivity index (χ3n) is 3.55. The normalized spacial score (nSPS) is 10.0. The largest absolute Gasteiger partial charge is 0.350 e. The summed E-state index contributed by atoms with van der Waals surface area (Å²) in [6.45, 7) is 3.26. The van der Waals surface area contributed by atoms with E-state index in [4.69, 9.17) is 5.73 Å². The highest BCUT2D eigenvalue weighted by Gasteiger charge is 2.05. The second-order valence-corrected chi connectivity index (χ2v) is 5.38. The van der Waals surface area contributed by atoms with E-state index >= 15 is 0 Å². The first kappa shape index (κ1) is 21.7. The Morgan fingerprint density at radius 2 is 2.00 bits per heavy atom. The molecule has 2 aromatic heterocycles. The van der Waals surface area contributed by atoms with Crippen LogP contribution in [0.2, 0.25) is 0 Å². The van der Waals surface area contributed by atoms with Crippen LogP contribution in [-0.2, 0) is 11.3 Å². The minimum absolute atomic E-state index is 0. The zero-order chi connectivity index (χ0) is 15.1. The lowest BCUT2D eigenvalue weighted by Crippen LogP contribution is -2.22. The molecule has 0 fully saturated rings. The van der Waals surface area contributed by atoms with Gasteiger partial charge >= 0.3 is 0 Å². The molecule has 7 heteroatoms. The zero-order valence-corrected chi connectivity index (χ0v) is 15.1. The Morgan fingerprint density at radius 1 is 1.26 bits per heavy atom. The number of aryl methyl sites for hydroxylation is 1. The van der Waals surface area contributed by atoms with Crippen LogP contribution in [0.25, 0.3) is 5.65 Å². The number of fused-ring (bicyclic) bond motifs is 1. The minimum atomic E-state index is 0. The van der Waals surface area contributed by atoms with Crippen molar-refractivity contribution < 1.29 is 4.79 Å². The number of hydrogen-bond donors (Lipinski definition) is 2. The second-order valence-electron chi connectivity index (χ2n) is 5.38. The first-order chi connectivity index (χ1) is 10.2. The highest BCUT2D eigenvalue weighted by molar-refractivity contribution is 5.85. The number of imidazole rings is 1. The number of amides is 1. The molecule has 0 aliphatic carbocycles. The van der Waals surface area contributed by atoms with Crippen LogP contribution in [0.15, 0.2) is 24.5 Å². The topological polar surface area (TPSA) is 72.4 Å². The molecule has 3 N–H and O–H groups in total. The fraction of sp³-hybridized carbons (Fsp3) is 0.500. The lowest BCUT2D eigenvalue weighted by Gasteiger charge is -2.03. The number of nitrogens with zero attached hydrogens (tertiary/aromatic N) is 2. The van der Waals surface area contributed by atoms with Gasteiger partial charge in [0.1, 0.15) is 5.65 Å². The summed E-state index contributed by atoms with van der Waals surface area (Å²) in [7, 11) is 0. The summed E-state index contributed by atoms with van der Waals surface area (Å²) < 4.78 is 1.99. The van der Waals surface area contributed by atoms with Crippen LogP contribution >= 0.6 is 24.8 Å². The number of pyridine rings is 1. The van der Waals surface area contributed by atoms with Crippen LogP contribution in [0.5, 0.6) is 0 Å². The van der Waals surface area contributed by atoms with Gasteiger partial charge in [0, 0.05) is 18.8 Å². The van der Waals surface area contributed by atoms with E-state index in [-0.39, 0.29) is 30.7 Å². The van der Waals surface area contributed by atoms with Crippen LogP contribution < -0.4 is 11.1 Å². The molecule has 0 spiro atoms. The molecule has 1 amide bonds. The molecule has 0 atom stereocenters. The van der Waals surface area contributed by atoms with Crippen molar-refractivity contribution in [2.45, 2.75) is 45.6 Å². The second kappa shape index (κ2) is 11.3. The first-order valence-corrected chi connectivity index (χ1v) is 7.60. The van der Waals surface area contributed by atoms with E-state index in [9.17, 15) is 4.79 Å². The van der Waals surface area contributed by atoms with Crippen LogP contribution in [-0.4, -0.2) is 21.8 Å². The van der Waals surface area contributed by atoms with Crippen molar-refractivity contribution in [1.29, 1.82) is 0 Å². The Hall–Kier alpha value is -1.30. The number of carbonyl (C=O) groups is 1. The van der Waals surface area contributed by atoms with Gasteiger partial charge < -0.3 is 15.5 Å². The van der Waals surface area contributed by atoms with E-state index in [0.29, 0.717) is 13.0 Å². The van der Waals surface area contributed by atoms with E-state index in [1.54, 1.807) is 0 Å². The number of hydrogen-bond acceptors (Lipinski definition) is 3. The molecule has 23 heavy (non-hydrogen) atoms. The maximum atomic E-state index is 11.8. The van der Waals surface area contributed by atoms with E-state index in [0.717, 1.165) is 49.1 Å². The Balaban J connectivity index is 0.00000242. The Labute approximate surface area is 149 Å². The number of unbranched alkanes of at least 4 members (excludes halogenated alkanes) is 3. The van der Waals surface area contributed by atoms with Gasteiger partial charge in [-0.1, -0.05) is 18.9 Å². The molecule has 0 saturated carbocycles. The summed E-state index contributed by atoms with van der Waals surface area (Å²) >= 11 is 0. The molecule has 5 nitrogen and oxygen atoms in total. The van der Waals surface area contributed by atoms with E-state index in [1.807, 2.05) is 35.9 Å². The molecule has 2 aromatic rings. The standard InChI is InChI=1S/C16H24N4O.2ClH/c1-13-7-6-10-20-12-14(19-16(13)20)11-18-15(21)8-4-2-3-5-9-17;;/h6-7,10,12H,2-5,8-9,11,17H2,1H3,(H,18,21);2*1H. The van der Waals surface area contributed by atoms with Gasteiger partial charge in [0.05, 0.1) is 12.2 Å². The number of halogens is 2. The summed E-state index contributed by atoms with van der Waals surface area (Å²) in [5, 5.41) is 2.93. The molecule has 0 aromatic carbocycles. The van der Waals surface area contributed by atoms with Gasteiger partial charge in [-0.3, -0.25) is 4.79 Å². The van der Waals surface area contributed by atoms with Gasteiger partial charge in [-0.05, 0) is 37.9 Å². The molecule has 0 unspecified atom stereocenters. The van der Waals surface area contributed by atoms with Crippen molar-refractivity contribution >= 4 is 36.4 Å². The molecule has 0 aliphatic rings. The lowest BCUT2D eigenvalue weighted by molar-refractivity contribution is -0.121. The minimum Gasteiger partial charge on any atom is -0.350 e. The molecule has 2 heterocycles. The molecular weight excluding hydrogens is 335 g/mol. The summed E-state index contributed by atoms with van der Waals surface area (Å²) in [6, 6.07) is 4.03. The molecule has 0 bridgehead atoms. The summed E-state index contributed by atoms with van der Waals surface area (Å²) in [5.41, 5.74) is 8.41. The van der Waals surface area contributed by atoms with Crippen molar-refractivity contribution in [2.75, 3.05) is 6.54 Å². The fourth-order valence-corrected chi connectivity index (χ4v) is 2.35. The van der Waals surface area contributed by atoms with Crippen molar-refractivity contribution in [3.8, 4) is 0 Å². The highest BCUT2D eigenvalue weighted by atomic mass is 35.5. The van der Waals surface area contributed by atoms with Crippen molar-refractivity contribution in [2.24, 2.45) is 5.73 Å². The monoisotopic (exact) mass is 360 g/mol. The zero-order valence-electron chi connectivity index (χ0n) is 13.5. The van der Waals surface area contributed by atoms with Crippen LogP contribution in [0.3, 0.4) is 0 Å². The maximum Gasteiger partial charge on any atom is 0.220 e. The van der Waals surface area contributed by atoms with E-state index in [2.05, 4.69) is 10.3 Å². The van der Waals surface area contributed by atoms with Crippen molar-refractivity contribution in [3.05, 3.63) is 35.8 Å². The lowest BCUT2D eigenvalue weighted by atomic mass is 10.1. The molecular formula is C16H26Cl2N4O.